The van der Waals surface area contributed by atoms with Crippen molar-refractivity contribution < 1.29 is 9.84 Å². The zero-order chi connectivity index (χ0) is 13.5. The molecular formula is C17H24O2. The summed E-state index contributed by atoms with van der Waals surface area (Å²) in [7, 11) is 0. The first kappa shape index (κ1) is 13.0. The van der Waals surface area contributed by atoms with Gasteiger partial charge in [-0.1, -0.05) is 25.0 Å². The molecule has 0 bridgehead atoms. The number of benzene rings is 1. The van der Waals surface area contributed by atoms with E-state index in [1.165, 1.54) is 24.8 Å². The van der Waals surface area contributed by atoms with Gasteiger partial charge in [-0.3, -0.25) is 0 Å². The summed E-state index contributed by atoms with van der Waals surface area (Å²) in [6.45, 7) is 4.33. The largest absolute Gasteiger partial charge is 0.487 e. The molecule has 1 atom stereocenters. The summed E-state index contributed by atoms with van der Waals surface area (Å²) >= 11 is 0. The molecule has 1 aliphatic carbocycles. The molecule has 0 amide bonds. The van der Waals surface area contributed by atoms with Crippen LogP contribution in [-0.4, -0.2) is 10.7 Å². The highest BCUT2D eigenvalue weighted by Gasteiger charge is 2.42. The molecule has 1 aliphatic heterocycles. The van der Waals surface area contributed by atoms with Gasteiger partial charge in [-0.05, 0) is 50.7 Å². The van der Waals surface area contributed by atoms with Crippen LogP contribution in [0.3, 0.4) is 0 Å². The van der Waals surface area contributed by atoms with E-state index in [2.05, 4.69) is 26.0 Å². The van der Waals surface area contributed by atoms with Crippen LogP contribution in [0.25, 0.3) is 0 Å². The van der Waals surface area contributed by atoms with Crippen molar-refractivity contribution in [2.45, 2.75) is 64.1 Å². The minimum Gasteiger partial charge on any atom is -0.487 e. The first-order chi connectivity index (χ1) is 9.12. The Labute approximate surface area is 115 Å². The van der Waals surface area contributed by atoms with Gasteiger partial charge >= 0.3 is 0 Å². The Hall–Kier alpha value is -1.02. The van der Waals surface area contributed by atoms with Gasteiger partial charge in [0.05, 0.1) is 6.10 Å². The van der Waals surface area contributed by atoms with Crippen LogP contribution in [0, 0.1) is 12.8 Å². The lowest BCUT2D eigenvalue weighted by molar-refractivity contribution is -0.0470. The average Bonchev–Trinajstić information content (AvgIpc) is 2.41. The molecule has 0 aromatic heterocycles. The molecule has 1 spiro atoms. The monoisotopic (exact) mass is 260 g/mol. The number of hydrogen-bond acceptors (Lipinski definition) is 2. The zero-order valence-electron chi connectivity index (χ0n) is 12.0. The molecule has 1 saturated carbocycles. The summed E-state index contributed by atoms with van der Waals surface area (Å²) in [6.07, 6.45) is 6.34. The van der Waals surface area contributed by atoms with Crippen molar-refractivity contribution in [3.63, 3.8) is 0 Å². The van der Waals surface area contributed by atoms with Crippen molar-refractivity contribution >= 4 is 0 Å². The van der Waals surface area contributed by atoms with E-state index in [1.807, 2.05) is 6.07 Å². The predicted molar refractivity (Wildman–Crippen MR) is 76.4 cm³/mol. The highest BCUT2D eigenvalue weighted by atomic mass is 16.5. The lowest BCUT2D eigenvalue weighted by Crippen LogP contribution is -2.44. The molecule has 2 nitrogen and oxygen atoms in total. The minimum atomic E-state index is -0.359. The summed E-state index contributed by atoms with van der Waals surface area (Å²) in [5.74, 6) is 1.75. The number of fused-ring (bicyclic) bond motifs is 1. The fourth-order valence-corrected chi connectivity index (χ4v) is 3.68. The molecule has 1 N–H and O–H groups in total. The molecule has 19 heavy (non-hydrogen) atoms. The minimum absolute atomic E-state index is 0.104. The number of rotatable bonds is 1. The summed E-state index contributed by atoms with van der Waals surface area (Å²) in [5.41, 5.74) is 2.06. The average molecular weight is 260 g/mol. The van der Waals surface area contributed by atoms with Crippen molar-refractivity contribution in [3.8, 4) is 5.75 Å². The highest BCUT2D eigenvalue weighted by molar-refractivity contribution is 5.41. The maximum Gasteiger partial charge on any atom is 0.125 e. The number of aryl methyl sites for hydroxylation is 1. The Balaban J connectivity index is 1.83. The fourth-order valence-electron chi connectivity index (χ4n) is 3.68. The first-order valence-electron chi connectivity index (χ1n) is 7.59. The Kier molecular flexibility index (Phi) is 3.30. The molecule has 0 radical (unpaired) electrons. The van der Waals surface area contributed by atoms with E-state index in [9.17, 15) is 5.11 Å². The number of hydrogen-bond donors (Lipinski definition) is 1. The second kappa shape index (κ2) is 4.82. The topological polar surface area (TPSA) is 29.5 Å². The lowest BCUT2D eigenvalue weighted by Gasteiger charge is -2.45. The lowest BCUT2D eigenvalue weighted by atomic mass is 9.73. The standard InChI is InChI=1S/C17H24O2/c1-3-13-6-8-17(9-7-13)11-15(18)14-10-12(2)4-5-16(14)19-17/h4-5,10,13,15,18H,3,6-9,11H2,1-2H3. The van der Waals surface area contributed by atoms with Crippen LogP contribution in [0.1, 0.15) is 62.7 Å². The number of aliphatic hydroxyl groups is 1. The van der Waals surface area contributed by atoms with Crippen molar-refractivity contribution in [1.29, 1.82) is 0 Å². The Morgan fingerprint density at radius 1 is 1.32 bits per heavy atom. The van der Waals surface area contributed by atoms with Gasteiger partial charge in [0.2, 0.25) is 0 Å². The molecule has 2 aliphatic rings. The molecule has 1 fully saturated rings. The SMILES string of the molecule is CCC1CCC2(CC1)CC(O)c1cc(C)ccc1O2. The maximum absolute atomic E-state index is 10.4. The van der Waals surface area contributed by atoms with Gasteiger partial charge in [-0.15, -0.1) is 0 Å². The van der Waals surface area contributed by atoms with Crippen molar-refractivity contribution in [1.82, 2.24) is 0 Å². The maximum atomic E-state index is 10.4. The molecule has 3 rings (SSSR count). The predicted octanol–water partition coefficient (Wildman–Crippen LogP) is 4.15. The van der Waals surface area contributed by atoms with E-state index >= 15 is 0 Å². The van der Waals surface area contributed by atoms with E-state index in [1.54, 1.807) is 0 Å². The van der Waals surface area contributed by atoms with E-state index in [0.29, 0.717) is 0 Å². The van der Waals surface area contributed by atoms with E-state index in [4.69, 9.17) is 4.74 Å². The van der Waals surface area contributed by atoms with Gasteiger partial charge in [0, 0.05) is 12.0 Å². The van der Waals surface area contributed by atoms with Gasteiger partial charge in [-0.2, -0.15) is 0 Å². The van der Waals surface area contributed by atoms with Crippen molar-refractivity contribution in [2.75, 3.05) is 0 Å². The molecule has 1 heterocycles. The summed E-state index contributed by atoms with van der Waals surface area (Å²) in [4.78, 5) is 0. The zero-order valence-corrected chi connectivity index (χ0v) is 12.0. The Bertz CT molecular complexity index is 458. The third-order valence-electron chi connectivity index (χ3n) is 5.01. The molecule has 0 saturated heterocycles. The van der Waals surface area contributed by atoms with Crippen LogP contribution < -0.4 is 4.74 Å². The quantitative estimate of drug-likeness (QED) is 0.822. The fraction of sp³-hybridized carbons (Fsp3) is 0.647. The van der Waals surface area contributed by atoms with Crippen LogP contribution in [0.15, 0.2) is 18.2 Å². The van der Waals surface area contributed by atoms with Crippen LogP contribution in [-0.2, 0) is 0 Å². The third kappa shape index (κ3) is 2.38. The summed E-state index contributed by atoms with van der Waals surface area (Å²) < 4.78 is 6.32. The molecular weight excluding hydrogens is 236 g/mol. The van der Waals surface area contributed by atoms with Crippen molar-refractivity contribution in [2.24, 2.45) is 5.92 Å². The van der Waals surface area contributed by atoms with Crippen LogP contribution in [0.2, 0.25) is 0 Å². The van der Waals surface area contributed by atoms with E-state index in [0.717, 1.165) is 36.5 Å². The third-order valence-corrected chi connectivity index (χ3v) is 5.01. The van der Waals surface area contributed by atoms with E-state index in [-0.39, 0.29) is 11.7 Å². The molecule has 1 aromatic rings. The van der Waals surface area contributed by atoms with Gasteiger partial charge in [0.15, 0.2) is 0 Å². The van der Waals surface area contributed by atoms with Crippen molar-refractivity contribution in [3.05, 3.63) is 29.3 Å². The highest BCUT2D eigenvalue weighted by Crippen LogP contribution is 2.47. The van der Waals surface area contributed by atoms with Crippen LogP contribution in [0.5, 0.6) is 5.75 Å². The van der Waals surface area contributed by atoms with E-state index < -0.39 is 0 Å². The van der Waals surface area contributed by atoms with Gasteiger partial charge in [0.1, 0.15) is 11.4 Å². The number of aliphatic hydroxyl groups excluding tert-OH is 1. The molecule has 1 unspecified atom stereocenters. The smallest absolute Gasteiger partial charge is 0.125 e. The van der Waals surface area contributed by atoms with Gasteiger partial charge < -0.3 is 9.84 Å². The number of ether oxygens (including phenoxy) is 1. The molecule has 104 valence electrons. The van der Waals surface area contributed by atoms with Gasteiger partial charge in [0.25, 0.3) is 0 Å². The first-order valence-corrected chi connectivity index (χ1v) is 7.59. The summed E-state index contributed by atoms with van der Waals surface area (Å²) in [5, 5.41) is 10.4. The Morgan fingerprint density at radius 3 is 2.74 bits per heavy atom. The Morgan fingerprint density at radius 2 is 2.05 bits per heavy atom. The second-order valence-corrected chi connectivity index (χ2v) is 6.40. The van der Waals surface area contributed by atoms with Crippen LogP contribution in [0.4, 0.5) is 0 Å². The van der Waals surface area contributed by atoms with Crippen LogP contribution >= 0.6 is 0 Å². The normalized spacial score (nSPS) is 33.8. The molecule has 2 heteroatoms. The second-order valence-electron chi connectivity index (χ2n) is 6.40. The summed E-state index contributed by atoms with van der Waals surface area (Å²) in [6, 6.07) is 6.16. The van der Waals surface area contributed by atoms with Gasteiger partial charge in [-0.25, -0.2) is 0 Å². The molecule has 1 aromatic carbocycles.